The third kappa shape index (κ3) is 2.69. The van der Waals surface area contributed by atoms with E-state index in [2.05, 4.69) is 15.9 Å². The average Bonchev–Trinajstić information content (AvgIpc) is 2.75. The highest BCUT2D eigenvalue weighted by atomic mass is 79.9. The Kier molecular flexibility index (Phi) is 3.61. The van der Waals surface area contributed by atoms with Gasteiger partial charge >= 0.3 is 0 Å². The zero-order valence-electron chi connectivity index (χ0n) is 7.50. The molecule has 0 N–H and O–H groups in total. The average molecular weight is 322 g/mol. The van der Waals surface area contributed by atoms with Crippen molar-refractivity contribution in [1.82, 2.24) is 0 Å². The lowest BCUT2D eigenvalue weighted by atomic mass is 10.1. The number of Topliss-reactive ketones (excluding diaryl/α,β-unsaturated/α-hetero) is 1. The molecule has 15 heavy (non-hydrogen) atoms. The van der Waals surface area contributed by atoms with Crippen LogP contribution in [0.4, 0.5) is 0 Å². The summed E-state index contributed by atoms with van der Waals surface area (Å²) in [5, 5.41) is 1.90. The molecule has 2 aromatic rings. The number of halogens is 2. The number of rotatable bonds is 3. The van der Waals surface area contributed by atoms with Gasteiger partial charge in [0.15, 0.2) is 5.78 Å². The number of carbonyl (C=O) groups excluding carboxylic acids is 1. The van der Waals surface area contributed by atoms with Gasteiger partial charge in [-0.25, -0.2) is 0 Å². The van der Waals surface area contributed by atoms with E-state index >= 15 is 0 Å². The lowest BCUT2D eigenvalue weighted by Crippen LogP contribution is -2.00. The maximum Gasteiger partial charge on any atom is 0.170 e. The molecule has 1 nitrogen and oxygen atoms in total. The SMILES string of the molecule is O=C(Cc1ccc(Cl)s1)c1ccsc1Br. The summed E-state index contributed by atoms with van der Waals surface area (Å²) in [6.07, 6.45) is 0.423. The zero-order chi connectivity index (χ0) is 10.8. The van der Waals surface area contributed by atoms with Gasteiger partial charge in [-0.3, -0.25) is 4.79 Å². The van der Waals surface area contributed by atoms with E-state index in [1.807, 2.05) is 23.6 Å². The molecule has 5 heteroatoms. The number of carbonyl (C=O) groups is 1. The van der Waals surface area contributed by atoms with Crippen LogP contribution >= 0.6 is 50.2 Å². The van der Waals surface area contributed by atoms with Crippen LogP contribution in [0.5, 0.6) is 0 Å². The Bertz CT molecular complexity index is 489. The largest absolute Gasteiger partial charge is 0.294 e. The van der Waals surface area contributed by atoms with Crippen molar-refractivity contribution in [2.45, 2.75) is 6.42 Å². The molecule has 0 atom stereocenters. The van der Waals surface area contributed by atoms with E-state index in [0.29, 0.717) is 6.42 Å². The van der Waals surface area contributed by atoms with Crippen LogP contribution in [0.2, 0.25) is 4.34 Å². The standard InChI is InChI=1S/C10H6BrClOS2/c11-10-7(3-4-14-10)8(13)5-6-1-2-9(12)15-6/h1-4H,5H2. The van der Waals surface area contributed by atoms with Gasteiger partial charge in [0.05, 0.1) is 8.12 Å². The second-order valence-corrected chi connectivity index (χ2v) is 6.95. The van der Waals surface area contributed by atoms with E-state index < -0.39 is 0 Å². The van der Waals surface area contributed by atoms with Crippen molar-refractivity contribution in [3.8, 4) is 0 Å². The third-order valence-corrected chi connectivity index (χ3v) is 4.80. The molecule has 0 radical (unpaired) electrons. The van der Waals surface area contributed by atoms with Crippen molar-refractivity contribution < 1.29 is 4.79 Å². The Morgan fingerprint density at radius 1 is 1.40 bits per heavy atom. The van der Waals surface area contributed by atoms with E-state index in [0.717, 1.165) is 18.6 Å². The predicted molar refractivity (Wildman–Crippen MR) is 69.4 cm³/mol. The molecular formula is C10H6BrClOS2. The van der Waals surface area contributed by atoms with Crippen LogP contribution < -0.4 is 0 Å². The van der Waals surface area contributed by atoms with Crippen molar-refractivity contribution >= 4 is 56.0 Å². The van der Waals surface area contributed by atoms with Crippen LogP contribution in [0.15, 0.2) is 27.4 Å². The van der Waals surface area contributed by atoms with Crippen molar-refractivity contribution in [1.29, 1.82) is 0 Å². The van der Waals surface area contributed by atoms with Gasteiger partial charge in [0.1, 0.15) is 0 Å². The number of hydrogen-bond acceptors (Lipinski definition) is 3. The summed E-state index contributed by atoms with van der Waals surface area (Å²) in [7, 11) is 0. The van der Waals surface area contributed by atoms with Crippen LogP contribution in [-0.2, 0) is 6.42 Å². The van der Waals surface area contributed by atoms with Gasteiger partial charge in [-0.1, -0.05) is 11.6 Å². The zero-order valence-corrected chi connectivity index (χ0v) is 11.5. The Morgan fingerprint density at radius 3 is 2.73 bits per heavy atom. The molecule has 0 saturated carbocycles. The number of hydrogen-bond donors (Lipinski definition) is 0. The summed E-state index contributed by atoms with van der Waals surface area (Å²) in [6.45, 7) is 0. The fourth-order valence-electron chi connectivity index (χ4n) is 1.19. The minimum atomic E-state index is 0.127. The molecule has 2 heterocycles. The predicted octanol–water partition coefficient (Wildman–Crippen LogP) is 4.65. The first-order valence-corrected chi connectivity index (χ1v) is 7.04. The van der Waals surface area contributed by atoms with Crippen LogP contribution in [-0.4, -0.2) is 5.78 Å². The summed E-state index contributed by atoms with van der Waals surface area (Å²) < 4.78 is 1.62. The van der Waals surface area contributed by atoms with Crippen LogP contribution in [0.1, 0.15) is 15.2 Å². The van der Waals surface area contributed by atoms with Crippen molar-refractivity contribution in [2.24, 2.45) is 0 Å². The molecule has 78 valence electrons. The van der Waals surface area contributed by atoms with E-state index in [4.69, 9.17) is 11.6 Å². The minimum absolute atomic E-state index is 0.127. The topological polar surface area (TPSA) is 17.1 Å². The Morgan fingerprint density at radius 2 is 2.20 bits per heavy atom. The quantitative estimate of drug-likeness (QED) is 0.752. The number of ketones is 1. The third-order valence-electron chi connectivity index (χ3n) is 1.88. The van der Waals surface area contributed by atoms with Crippen LogP contribution in [0.3, 0.4) is 0 Å². The first-order valence-electron chi connectivity index (χ1n) is 4.17. The van der Waals surface area contributed by atoms with E-state index in [1.54, 1.807) is 0 Å². The first kappa shape index (κ1) is 11.3. The molecule has 0 spiro atoms. The van der Waals surface area contributed by atoms with Gasteiger partial charge in [-0.2, -0.15) is 0 Å². The molecule has 0 saturated heterocycles. The molecule has 0 aliphatic heterocycles. The van der Waals surface area contributed by atoms with E-state index in [1.165, 1.54) is 22.7 Å². The summed E-state index contributed by atoms with van der Waals surface area (Å²) in [4.78, 5) is 12.8. The fourth-order valence-corrected chi connectivity index (χ4v) is 3.59. The summed E-state index contributed by atoms with van der Waals surface area (Å²) in [5.74, 6) is 0.127. The second kappa shape index (κ2) is 4.78. The highest BCUT2D eigenvalue weighted by molar-refractivity contribution is 9.11. The van der Waals surface area contributed by atoms with Gasteiger partial charge in [-0.15, -0.1) is 22.7 Å². The van der Waals surface area contributed by atoms with E-state index in [-0.39, 0.29) is 5.78 Å². The Hall–Kier alpha value is -0.160. The summed E-state index contributed by atoms with van der Waals surface area (Å²) in [5.41, 5.74) is 0.754. The van der Waals surface area contributed by atoms with Crippen LogP contribution in [0.25, 0.3) is 0 Å². The lowest BCUT2D eigenvalue weighted by molar-refractivity contribution is 0.0993. The molecule has 2 aromatic heterocycles. The molecule has 0 aliphatic rings. The molecule has 0 bridgehead atoms. The van der Waals surface area contributed by atoms with Crippen molar-refractivity contribution in [3.05, 3.63) is 42.1 Å². The number of thiophene rings is 2. The second-order valence-electron chi connectivity index (χ2n) is 2.91. The summed E-state index contributed by atoms with van der Waals surface area (Å²) in [6, 6.07) is 5.55. The maximum atomic E-state index is 11.8. The van der Waals surface area contributed by atoms with Gasteiger partial charge in [-0.05, 0) is 39.5 Å². The lowest BCUT2D eigenvalue weighted by Gasteiger charge is -1.96. The first-order chi connectivity index (χ1) is 7.16. The molecule has 2 rings (SSSR count). The van der Waals surface area contributed by atoms with E-state index in [9.17, 15) is 4.79 Å². The highest BCUT2D eigenvalue weighted by Crippen LogP contribution is 2.27. The molecule has 0 amide bonds. The normalized spacial score (nSPS) is 10.5. The van der Waals surface area contributed by atoms with Gasteiger partial charge in [0, 0.05) is 16.9 Å². The maximum absolute atomic E-state index is 11.8. The Balaban J connectivity index is 2.14. The molecule has 0 unspecified atom stereocenters. The van der Waals surface area contributed by atoms with Crippen molar-refractivity contribution in [3.63, 3.8) is 0 Å². The minimum Gasteiger partial charge on any atom is -0.294 e. The van der Waals surface area contributed by atoms with Crippen LogP contribution in [0, 0.1) is 0 Å². The van der Waals surface area contributed by atoms with Gasteiger partial charge in [0.2, 0.25) is 0 Å². The van der Waals surface area contributed by atoms with Crippen molar-refractivity contribution in [2.75, 3.05) is 0 Å². The Labute approximate surface area is 109 Å². The van der Waals surface area contributed by atoms with Gasteiger partial charge < -0.3 is 0 Å². The fraction of sp³-hybridized carbons (Fsp3) is 0.100. The molecule has 0 aromatic carbocycles. The molecular weight excluding hydrogens is 316 g/mol. The smallest absolute Gasteiger partial charge is 0.170 e. The summed E-state index contributed by atoms with van der Waals surface area (Å²) >= 11 is 12.1. The molecule has 0 fully saturated rings. The monoisotopic (exact) mass is 320 g/mol. The molecule has 0 aliphatic carbocycles. The van der Waals surface area contributed by atoms with Gasteiger partial charge in [0.25, 0.3) is 0 Å². The highest BCUT2D eigenvalue weighted by Gasteiger charge is 2.12.